The maximum absolute atomic E-state index is 12.1. The summed E-state index contributed by atoms with van der Waals surface area (Å²) >= 11 is 0. The number of hydrogen-bond donors (Lipinski definition) is 2. The summed E-state index contributed by atoms with van der Waals surface area (Å²) in [5, 5.41) is 11.4. The Kier molecular flexibility index (Phi) is 4.26. The molecule has 2 rings (SSSR count). The predicted molar refractivity (Wildman–Crippen MR) is 72.1 cm³/mol. The minimum absolute atomic E-state index is 0.0365. The zero-order chi connectivity index (χ0) is 14.5. The Balaban J connectivity index is 2.01. The van der Waals surface area contributed by atoms with Crippen molar-refractivity contribution in [3.63, 3.8) is 0 Å². The van der Waals surface area contributed by atoms with Crippen molar-refractivity contribution in [1.29, 1.82) is 0 Å². The zero-order valence-corrected chi connectivity index (χ0v) is 10.8. The van der Waals surface area contributed by atoms with Gasteiger partial charge in [0.15, 0.2) is 0 Å². The van der Waals surface area contributed by atoms with E-state index in [2.05, 4.69) is 11.2 Å². The monoisotopic (exact) mass is 273 g/mol. The van der Waals surface area contributed by atoms with E-state index in [1.807, 2.05) is 24.3 Å². The van der Waals surface area contributed by atoms with Gasteiger partial charge in [0, 0.05) is 6.42 Å². The van der Waals surface area contributed by atoms with E-state index in [0.717, 1.165) is 11.3 Å². The van der Waals surface area contributed by atoms with Gasteiger partial charge in [-0.05, 0) is 18.1 Å². The number of terminal acetylenes is 1. The number of amides is 1. The molecule has 20 heavy (non-hydrogen) atoms. The molecule has 2 N–H and O–H groups in total. The number of benzene rings is 1. The average molecular weight is 273 g/mol. The second kappa shape index (κ2) is 6.11. The molecule has 0 aliphatic carbocycles. The van der Waals surface area contributed by atoms with Crippen LogP contribution in [0.3, 0.4) is 0 Å². The highest BCUT2D eigenvalue weighted by Crippen LogP contribution is 2.26. The molecule has 1 aliphatic heterocycles. The normalized spacial score (nSPS) is 18.1. The number of hydrogen-bond acceptors (Lipinski definition) is 3. The molecule has 2 unspecified atom stereocenters. The Morgan fingerprint density at radius 3 is 2.95 bits per heavy atom. The largest absolute Gasteiger partial charge is 0.492 e. The second-order valence-electron chi connectivity index (χ2n) is 4.63. The van der Waals surface area contributed by atoms with Crippen LogP contribution in [-0.2, 0) is 16.0 Å². The Labute approximate surface area is 116 Å². The molecule has 1 heterocycles. The van der Waals surface area contributed by atoms with Crippen LogP contribution in [-0.4, -0.2) is 29.6 Å². The van der Waals surface area contributed by atoms with Crippen molar-refractivity contribution in [2.75, 3.05) is 6.61 Å². The molecule has 2 atom stereocenters. The lowest BCUT2D eigenvalue weighted by atomic mass is 9.95. The minimum Gasteiger partial charge on any atom is -0.492 e. The third kappa shape index (κ3) is 3.09. The van der Waals surface area contributed by atoms with E-state index in [0.29, 0.717) is 6.42 Å². The van der Waals surface area contributed by atoms with Crippen LogP contribution < -0.4 is 10.1 Å². The van der Waals surface area contributed by atoms with Crippen LogP contribution in [0.25, 0.3) is 0 Å². The second-order valence-corrected chi connectivity index (χ2v) is 4.63. The van der Waals surface area contributed by atoms with Gasteiger partial charge in [0.05, 0.1) is 5.92 Å². The molecular formula is C15H15NO4. The van der Waals surface area contributed by atoms with Crippen molar-refractivity contribution < 1.29 is 19.4 Å². The highest BCUT2D eigenvalue weighted by molar-refractivity contribution is 5.85. The molecule has 1 aromatic rings. The number of ether oxygens (including phenoxy) is 1. The number of nitrogens with one attached hydrogen (secondary N) is 1. The molecule has 1 aromatic carbocycles. The van der Waals surface area contributed by atoms with E-state index in [1.54, 1.807) is 0 Å². The highest BCUT2D eigenvalue weighted by Gasteiger charge is 2.28. The lowest BCUT2D eigenvalue weighted by Gasteiger charge is -2.25. The van der Waals surface area contributed by atoms with Crippen molar-refractivity contribution in [2.24, 2.45) is 5.92 Å². The molecule has 0 spiro atoms. The van der Waals surface area contributed by atoms with Crippen molar-refractivity contribution in [3.05, 3.63) is 29.8 Å². The van der Waals surface area contributed by atoms with Gasteiger partial charge < -0.3 is 15.2 Å². The van der Waals surface area contributed by atoms with Crippen LogP contribution in [0.15, 0.2) is 24.3 Å². The number of carboxylic acids is 1. The summed E-state index contributed by atoms with van der Waals surface area (Å²) in [5.74, 6) is 1.14. The Morgan fingerprint density at radius 2 is 2.25 bits per heavy atom. The first-order valence-electron chi connectivity index (χ1n) is 6.29. The van der Waals surface area contributed by atoms with Gasteiger partial charge in [0.2, 0.25) is 5.91 Å². The van der Waals surface area contributed by atoms with E-state index in [4.69, 9.17) is 16.3 Å². The summed E-state index contributed by atoms with van der Waals surface area (Å²) in [7, 11) is 0. The van der Waals surface area contributed by atoms with E-state index < -0.39 is 17.9 Å². The van der Waals surface area contributed by atoms with Crippen LogP contribution in [0, 0.1) is 18.3 Å². The fourth-order valence-electron chi connectivity index (χ4n) is 2.10. The summed E-state index contributed by atoms with van der Waals surface area (Å²) in [6.45, 7) is 0.241. The Morgan fingerprint density at radius 1 is 1.50 bits per heavy atom. The molecular weight excluding hydrogens is 258 g/mol. The fraction of sp³-hybridized carbons (Fsp3) is 0.333. The van der Waals surface area contributed by atoms with Gasteiger partial charge in [0.25, 0.3) is 0 Å². The Hall–Kier alpha value is -2.48. The highest BCUT2D eigenvalue weighted by atomic mass is 16.5. The molecule has 0 fully saturated rings. The lowest BCUT2D eigenvalue weighted by molar-refractivity contribution is -0.142. The van der Waals surface area contributed by atoms with Gasteiger partial charge in [-0.15, -0.1) is 12.3 Å². The standard InChI is InChI=1S/C15H15NO4/c1-2-5-12(15(18)19)16-14(17)11-8-10-6-3-4-7-13(10)20-9-11/h1,3-4,6-7,11-12H,5,8-9H2,(H,16,17)(H,18,19). The van der Waals surface area contributed by atoms with Gasteiger partial charge >= 0.3 is 5.97 Å². The molecule has 5 nitrogen and oxygen atoms in total. The SMILES string of the molecule is C#CCC(NC(=O)C1COc2ccccc2C1)C(=O)O. The maximum Gasteiger partial charge on any atom is 0.327 e. The number of para-hydroxylation sites is 1. The summed E-state index contributed by atoms with van der Waals surface area (Å²) in [6, 6.07) is 6.44. The number of carboxylic acid groups (broad SMARTS) is 1. The minimum atomic E-state index is -1.13. The third-order valence-electron chi connectivity index (χ3n) is 3.19. The topological polar surface area (TPSA) is 75.6 Å². The van der Waals surface area contributed by atoms with Crippen LogP contribution in [0.1, 0.15) is 12.0 Å². The molecule has 0 saturated carbocycles. The fourth-order valence-corrected chi connectivity index (χ4v) is 2.10. The Bertz CT molecular complexity index is 561. The smallest absolute Gasteiger partial charge is 0.327 e. The van der Waals surface area contributed by atoms with Crippen molar-refractivity contribution in [1.82, 2.24) is 5.32 Å². The first kappa shape index (κ1) is 13.9. The van der Waals surface area contributed by atoms with Crippen molar-refractivity contribution >= 4 is 11.9 Å². The number of rotatable bonds is 4. The summed E-state index contributed by atoms with van der Waals surface area (Å²) in [6.07, 6.45) is 5.59. The summed E-state index contributed by atoms with van der Waals surface area (Å²) < 4.78 is 5.51. The van der Waals surface area contributed by atoms with Gasteiger partial charge in [-0.1, -0.05) is 18.2 Å². The van der Waals surface area contributed by atoms with Crippen LogP contribution in [0.4, 0.5) is 0 Å². The first-order valence-corrected chi connectivity index (χ1v) is 6.29. The molecule has 104 valence electrons. The average Bonchev–Trinajstić information content (AvgIpc) is 2.46. The molecule has 5 heteroatoms. The zero-order valence-electron chi connectivity index (χ0n) is 10.8. The molecule has 0 radical (unpaired) electrons. The molecule has 0 saturated heterocycles. The van der Waals surface area contributed by atoms with Gasteiger partial charge in [-0.2, -0.15) is 0 Å². The quantitative estimate of drug-likeness (QED) is 0.797. The van der Waals surface area contributed by atoms with E-state index >= 15 is 0 Å². The van der Waals surface area contributed by atoms with Gasteiger partial charge in [0.1, 0.15) is 18.4 Å². The number of fused-ring (bicyclic) bond motifs is 1. The van der Waals surface area contributed by atoms with Crippen LogP contribution >= 0.6 is 0 Å². The first-order chi connectivity index (χ1) is 9.61. The van der Waals surface area contributed by atoms with Gasteiger partial charge in [-0.3, -0.25) is 4.79 Å². The molecule has 0 aromatic heterocycles. The summed E-state index contributed by atoms with van der Waals surface area (Å²) in [4.78, 5) is 23.0. The van der Waals surface area contributed by atoms with Crippen molar-refractivity contribution in [2.45, 2.75) is 18.9 Å². The van der Waals surface area contributed by atoms with Crippen molar-refractivity contribution in [3.8, 4) is 18.1 Å². The number of carbonyl (C=O) groups is 2. The lowest BCUT2D eigenvalue weighted by Crippen LogP contribution is -2.46. The molecule has 0 bridgehead atoms. The van der Waals surface area contributed by atoms with E-state index in [1.165, 1.54) is 0 Å². The third-order valence-corrected chi connectivity index (χ3v) is 3.19. The predicted octanol–water partition coefficient (Wildman–Crippen LogP) is 0.830. The van der Waals surface area contributed by atoms with E-state index in [-0.39, 0.29) is 18.9 Å². The van der Waals surface area contributed by atoms with E-state index in [9.17, 15) is 9.59 Å². The van der Waals surface area contributed by atoms with Crippen LogP contribution in [0.2, 0.25) is 0 Å². The maximum atomic E-state index is 12.1. The van der Waals surface area contributed by atoms with Crippen LogP contribution in [0.5, 0.6) is 5.75 Å². The van der Waals surface area contributed by atoms with Gasteiger partial charge in [-0.25, -0.2) is 4.79 Å². The molecule has 1 amide bonds. The number of aliphatic carboxylic acids is 1. The number of carbonyl (C=O) groups excluding carboxylic acids is 1. The molecule has 1 aliphatic rings. The summed E-state index contributed by atoms with van der Waals surface area (Å²) in [5.41, 5.74) is 0.947.